The molecule has 2 aromatic rings. The summed E-state index contributed by atoms with van der Waals surface area (Å²) in [6, 6.07) is 13.6. The monoisotopic (exact) mass is 245 g/mol. The number of hydrogen-bond acceptors (Lipinski definition) is 1. The van der Waals surface area contributed by atoms with Gasteiger partial charge in [-0.05, 0) is 41.0 Å². The van der Waals surface area contributed by atoms with Crippen molar-refractivity contribution >= 4 is 11.6 Å². The van der Waals surface area contributed by atoms with E-state index in [4.69, 9.17) is 16.9 Å². The number of nitriles is 1. The summed E-state index contributed by atoms with van der Waals surface area (Å²) in [5, 5.41) is 8.81. The van der Waals surface area contributed by atoms with Crippen LogP contribution in [0.3, 0.4) is 0 Å². The molecule has 0 heterocycles. The lowest BCUT2D eigenvalue weighted by molar-refractivity contribution is 0.628. The standard InChI is InChI=1S/C14H9ClFN/c15-8-12-7-10(9-17)1-6-14(12)11-2-4-13(16)5-3-11/h1-7H,8H2. The summed E-state index contributed by atoms with van der Waals surface area (Å²) in [6.45, 7) is 0. The fraction of sp³-hybridized carbons (Fsp3) is 0.0714. The van der Waals surface area contributed by atoms with E-state index < -0.39 is 0 Å². The molecule has 0 aliphatic rings. The van der Waals surface area contributed by atoms with Gasteiger partial charge >= 0.3 is 0 Å². The number of alkyl halides is 1. The van der Waals surface area contributed by atoms with Gasteiger partial charge < -0.3 is 0 Å². The quantitative estimate of drug-likeness (QED) is 0.731. The van der Waals surface area contributed by atoms with E-state index in [0.717, 1.165) is 16.7 Å². The van der Waals surface area contributed by atoms with Crippen molar-refractivity contribution < 1.29 is 4.39 Å². The second kappa shape index (κ2) is 4.99. The normalized spacial score (nSPS) is 9.94. The van der Waals surface area contributed by atoms with Crippen LogP contribution in [0.15, 0.2) is 42.5 Å². The van der Waals surface area contributed by atoms with Crippen molar-refractivity contribution in [3.8, 4) is 17.2 Å². The zero-order valence-electron chi connectivity index (χ0n) is 8.95. The van der Waals surface area contributed by atoms with Crippen molar-refractivity contribution in [3.05, 3.63) is 59.4 Å². The van der Waals surface area contributed by atoms with Crippen LogP contribution in [-0.4, -0.2) is 0 Å². The Labute approximate surface area is 104 Å². The van der Waals surface area contributed by atoms with Crippen LogP contribution in [-0.2, 0) is 5.88 Å². The Morgan fingerprint density at radius 1 is 1.12 bits per heavy atom. The summed E-state index contributed by atoms with van der Waals surface area (Å²) in [5.41, 5.74) is 3.27. The third-order valence-electron chi connectivity index (χ3n) is 2.53. The van der Waals surface area contributed by atoms with Gasteiger partial charge in [-0.3, -0.25) is 0 Å². The molecular weight excluding hydrogens is 237 g/mol. The smallest absolute Gasteiger partial charge is 0.123 e. The minimum absolute atomic E-state index is 0.269. The Morgan fingerprint density at radius 3 is 2.41 bits per heavy atom. The molecule has 0 saturated carbocycles. The molecular formula is C14H9ClFN. The highest BCUT2D eigenvalue weighted by molar-refractivity contribution is 6.17. The highest BCUT2D eigenvalue weighted by Crippen LogP contribution is 2.26. The molecule has 84 valence electrons. The molecule has 0 bridgehead atoms. The molecule has 0 aliphatic heterocycles. The van der Waals surface area contributed by atoms with Crippen LogP contribution in [0, 0.1) is 17.1 Å². The van der Waals surface area contributed by atoms with E-state index in [9.17, 15) is 4.39 Å². The Hall–Kier alpha value is -1.85. The van der Waals surface area contributed by atoms with Gasteiger partial charge in [-0.15, -0.1) is 11.6 Å². The van der Waals surface area contributed by atoms with Gasteiger partial charge in [-0.1, -0.05) is 18.2 Å². The summed E-state index contributed by atoms with van der Waals surface area (Å²) in [5.74, 6) is 0.0530. The second-order valence-corrected chi connectivity index (χ2v) is 3.89. The van der Waals surface area contributed by atoms with Crippen molar-refractivity contribution in [2.45, 2.75) is 5.88 Å². The Kier molecular flexibility index (Phi) is 3.41. The zero-order chi connectivity index (χ0) is 12.3. The second-order valence-electron chi connectivity index (χ2n) is 3.62. The number of rotatable bonds is 2. The number of hydrogen-bond donors (Lipinski definition) is 0. The van der Waals surface area contributed by atoms with Crippen LogP contribution in [0.25, 0.3) is 11.1 Å². The lowest BCUT2D eigenvalue weighted by Crippen LogP contribution is -1.88. The minimum atomic E-state index is -0.269. The third-order valence-corrected chi connectivity index (χ3v) is 2.82. The van der Waals surface area contributed by atoms with Crippen LogP contribution in [0.4, 0.5) is 4.39 Å². The highest BCUT2D eigenvalue weighted by Gasteiger charge is 2.05. The highest BCUT2D eigenvalue weighted by atomic mass is 35.5. The molecule has 0 saturated heterocycles. The number of benzene rings is 2. The van der Waals surface area contributed by atoms with Gasteiger partial charge in [0.2, 0.25) is 0 Å². The molecule has 0 aliphatic carbocycles. The molecule has 1 nitrogen and oxygen atoms in total. The molecule has 0 radical (unpaired) electrons. The summed E-state index contributed by atoms with van der Waals surface area (Å²) < 4.78 is 12.8. The van der Waals surface area contributed by atoms with Crippen LogP contribution in [0.2, 0.25) is 0 Å². The van der Waals surface area contributed by atoms with Crippen molar-refractivity contribution in [2.75, 3.05) is 0 Å². The van der Waals surface area contributed by atoms with E-state index in [-0.39, 0.29) is 5.82 Å². The molecule has 2 aromatic carbocycles. The van der Waals surface area contributed by atoms with Gasteiger partial charge in [0, 0.05) is 5.88 Å². The lowest BCUT2D eigenvalue weighted by Gasteiger charge is -2.07. The molecule has 0 amide bonds. The van der Waals surface area contributed by atoms with Crippen LogP contribution in [0.1, 0.15) is 11.1 Å². The average Bonchev–Trinajstić information content (AvgIpc) is 2.39. The van der Waals surface area contributed by atoms with Gasteiger partial charge in [0.1, 0.15) is 5.82 Å². The first-order valence-corrected chi connectivity index (χ1v) is 5.63. The van der Waals surface area contributed by atoms with Crippen molar-refractivity contribution in [3.63, 3.8) is 0 Å². The topological polar surface area (TPSA) is 23.8 Å². The van der Waals surface area contributed by atoms with Gasteiger partial charge in [-0.25, -0.2) is 4.39 Å². The molecule has 17 heavy (non-hydrogen) atoms. The van der Waals surface area contributed by atoms with E-state index in [0.29, 0.717) is 11.4 Å². The van der Waals surface area contributed by atoms with Gasteiger partial charge in [0.25, 0.3) is 0 Å². The Bertz CT molecular complexity index is 570. The summed E-state index contributed by atoms with van der Waals surface area (Å²) >= 11 is 5.86. The molecule has 0 atom stereocenters. The molecule has 0 aromatic heterocycles. The van der Waals surface area contributed by atoms with Crippen molar-refractivity contribution in [1.82, 2.24) is 0 Å². The molecule has 0 N–H and O–H groups in total. The maximum atomic E-state index is 12.8. The predicted molar refractivity (Wildman–Crippen MR) is 66.1 cm³/mol. The number of nitrogens with zero attached hydrogens (tertiary/aromatic N) is 1. The molecule has 0 unspecified atom stereocenters. The fourth-order valence-electron chi connectivity index (χ4n) is 1.68. The fourth-order valence-corrected chi connectivity index (χ4v) is 1.91. The van der Waals surface area contributed by atoms with E-state index in [1.807, 2.05) is 6.07 Å². The van der Waals surface area contributed by atoms with Crippen LogP contribution in [0.5, 0.6) is 0 Å². The first-order valence-electron chi connectivity index (χ1n) is 5.09. The third kappa shape index (κ3) is 2.46. The van der Waals surface area contributed by atoms with Gasteiger partial charge in [0.05, 0.1) is 11.6 Å². The van der Waals surface area contributed by atoms with Crippen LogP contribution < -0.4 is 0 Å². The van der Waals surface area contributed by atoms with Gasteiger partial charge in [0.15, 0.2) is 0 Å². The minimum Gasteiger partial charge on any atom is -0.207 e. The van der Waals surface area contributed by atoms with E-state index in [2.05, 4.69) is 6.07 Å². The Balaban J connectivity index is 2.52. The lowest BCUT2D eigenvalue weighted by atomic mass is 9.99. The van der Waals surface area contributed by atoms with Crippen molar-refractivity contribution in [2.24, 2.45) is 0 Å². The summed E-state index contributed by atoms with van der Waals surface area (Å²) in [6.07, 6.45) is 0. The maximum absolute atomic E-state index is 12.8. The average molecular weight is 246 g/mol. The predicted octanol–water partition coefficient (Wildman–Crippen LogP) is 4.10. The summed E-state index contributed by atoms with van der Waals surface area (Å²) in [4.78, 5) is 0. The van der Waals surface area contributed by atoms with Crippen LogP contribution >= 0.6 is 11.6 Å². The van der Waals surface area contributed by atoms with Gasteiger partial charge in [-0.2, -0.15) is 5.26 Å². The first-order chi connectivity index (χ1) is 8.24. The first kappa shape index (κ1) is 11.6. The Morgan fingerprint density at radius 2 is 1.82 bits per heavy atom. The molecule has 0 spiro atoms. The summed E-state index contributed by atoms with van der Waals surface area (Å²) in [7, 11) is 0. The van der Waals surface area contributed by atoms with Crippen molar-refractivity contribution in [1.29, 1.82) is 5.26 Å². The molecule has 3 heteroatoms. The number of halogens is 2. The maximum Gasteiger partial charge on any atom is 0.123 e. The van der Waals surface area contributed by atoms with E-state index in [1.165, 1.54) is 12.1 Å². The zero-order valence-corrected chi connectivity index (χ0v) is 9.71. The van der Waals surface area contributed by atoms with E-state index >= 15 is 0 Å². The molecule has 0 fully saturated rings. The molecule has 2 rings (SSSR count). The van der Waals surface area contributed by atoms with E-state index in [1.54, 1.807) is 24.3 Å². The SMILES string of the molecule is N#Cc1ccc(-c2ccc(F)cc2)c(CCl)c1. The largest absolute Gasteiger partial charge is 0.207 e.